The summed E-state index contributed by atoms with van der Waals surface area (Å²) in [6.07, 6.45) is 0.102. The number of amides is 1. The van der Waals surface area contributed by atoms with Gasteiger partial charge in [-0.15, -0.1) is 0 Å². The molecule has 0 radical (unpaired) electrons. The maximum Gasteiger partial charge on any atom is 0.415 e. The monoisotopic (exact) mass is 391 g/mol. The molecule has 29 heavy (non-hydrogen) atoms. The van der Waals surface area contributed by atoms with Gasteiger partial charge in [0.15, 0.2) is 5.69 Å². The lowest BCUT2D eigenvalue weighted by Gasteiger charge is -2.27. The van der Waals surface area contributed by atoms with Gasteiger partial charge >= 0.3 is 12.1 Å². The predicted molar refractivity (Wildman–Crippen MR) is 106 cm³/mol. The molecular formula is C22H21N3O4. The lowest BCUT2D eigenvalue weighted by molar-refractivity contribution is 0.0515. The van der Waals surface area contributed by atoms with Crippen molar-refractivity contribution in [3.63, 3.8) is 0 Å². The van der Waals surface area contributed by atoms with Gasteiger partial charge in [-0.05, 0) is 31.2 Å². The molecule has 148 valence electrons. The Bertz CT molecular complexity index is 1020. The van der Waals surface area contributed by atoms with Crippen molar-refractivity contribution in [1.29, 1.82) is 0 Å². The number of esters is 1. The van der Waals surface area contributed by atoms with Crippen molar-refractivity contribution in [2.24, 2.45) is 0 Å². The zero-order chi connectivity index (χ0) is 20.2. The number of carbonyl (C=O) groups excluding carboxylic acids is 2. The van der Waals surface area contributed by atoms with Gasteiger partial charge < -0.3 is 14.4 Å². The maximum atomic E-state index is 12.6. The molecule has 1 aliphatic rings. The average Bonchev–Trinajstić information content (AvgIpc) is 3.14. The van der Waals surface area contributed by atoms with Crippen LogP contribution in [0.4, 0.5) is 4.79 Å². The Balaban J connectivity index is 1.64. The molecule has 7 heteroatoms. The summed E-state index contributed by atoms with van der Waals surface area (Å²) >= 11 is 0. The topological polar surface area (TPSA) is 73.7 Å². The molecule has 0 saturated heterocycles. The van der Waals surface area contributed by atoms with Crippen molar-refractivity contribution in [2.45, 2.75) is 19.9 Å². The van der Waals surface area contributed by atoms with Crippen LogP contribution in [-0.4, -0.2) is 39.9 Å². The van der Waals surface area contributed by atoms with E-state index in [1.807, 2.05) is 36.4 Å². The summed E-state index contributed by atoms with van der Waals surface area (Å²) in [7, 11) is 0. The van der Waals surface area contributed by atoms with Gasteiger partial charge in [0.05, 0.1) is 24.5 Å². The fourth-order valence-corrected chi connectivity index (χ4v) is 3.37. The van der Waals surface area contributed by atoms with Gasteiger partial charge in [-0.25, -0.2) is 14.3 Å². The molecule has 4 rings (SSSR count). The number of nitrogens with zero attached hydrogens (tertiary/aromatic N) is 3. The van der Waals surface area contributed by atoms with E-state index in [0.717, 1.165) is 11.4 Å². The van der Waals surface area contributed by atoms with Crippen LogP contribution in [0.1, 0.15) is 28.7 Å². The minimum atomic E-state index is -0.489. The average molecular weight is 391 g/mol. The first-order valence-electron chi connectivity index (χ1n) is 9.52. The van der Waals surface area contributed by atoms with E-state index in [1.165, 1.54) is 0 Å². The van der Waals surface area contributed by atoms with E-state index in [4.69, 9.17) is 9.47 Å². The van der Waals surface area contributed by atoms with Crippen molar-refractivity contribution in [3.05, 3.63) is 77.6 Å². The summed E-state index contributed by atoms with van der Waals surface area (Å²) < 4.78 is 12.4. The van der Waals surface area contributed by atoms with Crippen LogP contribution in [0.15, 0.2) is 60.7 Å². The third-order valence-corrected chi connectivity index (χ3v) is 4.73. The molecule has 1 aromatic heterocycles. The Hall–Kier alpha value is -3.61. The Morgan fingerprint density at radius 2 is 1.72 bits per heavy atom. The summed E-state index contributed by atoms with van der Waals surface area (Å²) in [4.78, 5) is 26.7. The smallest absolute Gasteiger partial charge is 0.415 e. The quantitative estimate of drug-likeness (QED) is 0.635. The number of hydrogen-bond donors (Lipinski definition) is 0. The zero-order valence-corrected chi connectivity index (χ0v) is 16.1. The first-order valence-corrected chi connectivity index (χ1v) is 9.52. The largest absolute Gasteiger partial charge is 0.461 e. The lowest BCUT2D eigenvalue weighted by atomic mass is 10.1. The summed E-state index contributed by atoms with van der Waals surface area (Å²) in [6.45, 7) is 2.72. The van der Waals surface area contributed by atoms with E-state index < -0.39 is 12.1 Å². The van der Waals surface area contributed by atoms with Crippen LogP contribution >= 0.6 is 0 Å². The van der Waals surface area contributed by atoms with Gasteiger partial charge in [-0.2, -0.15) is 5.10 Å². The number of fused-ring (bicyclic) bond motifs is 1. The standard InChI is InChI=1S/C22H21N3O4/c1-2-28-21(26)20-18-15-24(22(27)29-17-11-7-4-8-12-17)14-13-19(18)25(23-20)16-9-5-3-6-10-16/h3-12H,2,13-15H2,1H3. The number of ether oxygens (including phenoxy) is 2. The van der Waals surface area contributed by atoms with Crippen molar-refractivity contribution >= 4 is 12.1 Å². The molecule has 0 atom stereocenters. The fourth-order valence-electron chi connectivity index (χ4n) is 3.37. The molecule has 3 aromatic rings. The van der Waals surface area contributed by atoms with Gasteiger partial charge in [0.25, 0.3) is 0 Å². The Morgan fingerprint density at radius 1 is 1.03 bits per heavy atom. The molecule has 0 N–H and O–H groups in total. The molecule has 0 aliphatic carbocycles. The van der Waals surface area contributed by atoms with Crippen LogP contribution in [0.25, 0.3) is 5.69 Å². The molecule has 1 aliphatic heterocycles. The Labute approximate surface area is 168 Å². The highest BCUT2D eigenvalue weighted by Gasteiger charge is 2.31. The summed E-state index contributed by atoms with van der Waals surface area (Å²) in [5, 5.41) is 4.52. The van der Waals surface area contributed by atoms with Gasteiger partial charge in [-0.1, -0.05) is 36.4 Å². The van der Waals surface area contributed by atoms with Crippen LogP contribution in [0.3, 0.4) is 0 Å². The fraction of sp³-hybridized carbons (Fsp3) is 0.227. The van der Waals surface area contributed by atoms with Crippen LogP contribution in [-0.2, 0) is 17.7 Å². The summed E-state index contributed by atoms with van der Waals surface area (Å²) in [5.74, 6) is -0.00870. The highest BCUT2D eigenvalue weighted by Crippen LogP contribution is 2.26. The number of carbonyl (C=O) groups is 2. The SMILES string of the molecule is CCOC(=O)c1nn(-c2ccccc2)c2c1CN(C(=O)Oc1ccccc1)CC2. The Morgan fingerprint density at radius 3 is 2.41 bits per heavy atom. The minimum Gasteiger partial charge on any atom is -0.461 e. The molecule has 0 saturated carbocycles. The molecule has 0 spiro atoms. The van der Waals surface area contributed by atoms with Gasteiger partial charge in [0, 0.05) is 18.5 Å². The number of benzene rings is 2. The zero-order valence-electron chi connectivity index (χ0n) is 16.1. The Kier molecular flexibility index (Phi) is 5.29. The van der Waals surface area contributed by atoms with Crippen molar-refractivity contribution < 1.29 is 19.1 Å². The van der Waals surface area contributed by atoms with E-state index in [0.29, 0.717) is 24.3 Å². The number of hydrogen-bond acceptors (Lipinski definition) is 5. The van der Waals surface area contributed by atoms with Crippen molar-refractivity contribution in [2.75, 3.05) is 13.2 Å². The minimum absolute atomic E-state index is 0.238. The molecule has 0 bridgehead atoms. The van der Waals surface area contributed by atoms with Gasteiger partial charge in [0.1, 0.15) is 5.75 Å². The molecule has 0 fully saturated rings. The first kappa shape index (κ1) is 18.7. The molecule has 2 heterocycles. The van der Waals surface area contributed by atoms with Crippen molar-refractivity contribution in [3.8, 4) is 11.4 Å². The predicted octanol–water partition coefficient (Wildman–Crippen LogP) is 3.61. The maximum absolute atomic E-state index is 12.6. The van der Waals surface area contributed by atoms with Crippen LogP contribution < -0.4 is 4.74 Å². The molecule has 2 aromatic carbocycles. The summed E-state index contributed by atoms with van der Waals surface area (Å²) in [5.41, 5.74) is 2.70. The second kappa shape index (κ2) is 8.18. The highest BCUT2D eigenvalue weighted by atomic mass is 16.6. The molecule has 0 unspecified atom stereocenters. The van der Waals surface area contributed by atoms with E-state index in [2.05, 4.69) is 5.10 Å². The van der Waals surface area contributed by atoms with E-state index in [-0.39, 0.29) is 18.8 Å². The van der Waals surface area contributed by atoms with Crippen LogP contribution in [0.2, 0.25) is 0 Å². The number of para-hydroxylation sites is 2. The van der Waals surface area contributed by atoms with Crippen LogP contribution in [0, 0.1) is 0 Å². The second-order valence-corrected chi connectivity index (χ2v) is 6.59. The van der Waals surface area contributed by atoms with E-state index in [1.54, 1.807) is 40.8 Å². The van der Waals surface area contributed by atoms with Crippen LogP contribution in [0.5, 0.6) is 5.75 Å². The molecule has 7 nitrogen and oxygen atoms in total. The molecule has 1 amide bonds. The number of rotatable bonds is 4. The first-order chi connectivity index (χ1) is 14.2. The molecular weight excluding hydrogens is 370 g/mol. The van der Waals surface area contributed by atoms with E-state index in [9.17, 15) is 9.59 Å². The number of aromatic nitrogens is 2. The highest BCUT2D eigenvalue weighted by molar-refractivity contribution is 5.89. The van der Waals surface area contributed by atoms with Gasteiger partial charge in [-0.3, -0.25) is 0 Å². The third-order valence-electron chi connectivity index (χ3n) is 4.73. The second-order valence-electron chi connectivity index (χ2n) is 6.59. The third kappa shape index (κ3) is 3.85. The van der Waals surface area contributed by atoms with Gasteiger partial charge in [0.2, 0.25) is 0 Å². The summed E-state index contributed by atoms with van der Waals surface area (Å²) in [6, 6.07) is 18.5. The lowest BCUT2D eigenvalue weighted by Crippen LogP contribution is -2.38. The van der Waals surface area contributed by atoms with E-state index >= 15 is 0 Å². The normalized spacial score (nSPS) is 12.9. The van der Waals surface area contributed by atoms with Crippen molar-refractivity contribution in [1.82, 2.24) is 14.7 Å².